The summed E-state index contributed by atoms with van der Waals surface area (Å²) in [6, 6.07) is 4.16. The highest BCUT2D eigenvalue weighted by Gasteiger charge is 2.26. The van der Waals surface area contributed by atoms with Gasteiger partial charge in [-0.15, -0.1) is 0 Å². The Balaban J connectivity index is 2.97. The second kappa shape index (κ2) is 9.64. The fourth-order valence-corrected chi connectivity index (χ4v) is 4.00. The molecule has 0 fully saturated rings. The first-order chi connectivity index (χ1) is 13.5. The van der Waals surface area contributed by atoms with E-state index in [1.165, 1.54) is 16.8 Å². The first-order valence-corrected chi connectivity index (χ1v) is 10.6. The van der Waals surface area contributed by atoms with Gasteiger partial charge in [0.2, 0.25) is 5.76 Å². The molecule has 0 saturated heterocycles. The maximum Gasteiger partial charge on any atom is 0.213 e. The fraction of sp³-hybridized carbons (Fsp3) is 0.565. The van der Waals surface area contributed by atoms with Crippen molar-refractivity contribution in [2.75, 3.05) is 36.0 Å². The zero-order valence-corrected chi connectivity index (χ0v) is 18.5. The maximum atomic E-state index is 9.61. The van der Waals surface area contributed by atoms with Crippen molar-refractivity contribution >= 4 is 11.5 Å². The van der Waals surface area contributed by atoms with Gasteiger partial charge in [-0.2, -0.15) is 5.26 Å². The molecular formula is C23H34N4O. The van der Waals surface area contributed by atoms with Crippen LogP contribution in [0.4, 0.5) is 11.5 Å². The average Bonchev–Trinajstić information content (AvgIpc) is 3.10. The average molecular weight is 383 g/mol. The predicted octanol–water partition coefficient (Wildman–Crippen LogP) is 5.34. The lowest BCUT2D eigenvalue weighted by Gasteiger charge is -2.32. The van der Waals surface area contributed by atoms with Crippen LogP contribution in [0.25, 0.3) is 11.3 Å². The van der Waals surface area contributed by atoms with Gasteiger partial charge >= 0.3 is 0 Å². The van der Waals surface area contributed by atoms with Gasteiger partial charge in [0.25, 0.3) is 0 Å². The van der Waals surface area contributed by atoms with Gasteiger partial charge in [-0.25, -0.2) is 4.98 Å². The highest BCUT2D eigenvalue weighted by atomic mass is 16.3. The minimum absolute atomic E-state index is 0.347. The lowest BCUT2D eigenvalue weighted by molar-refractivity contribution is 0.522. The Morgan fingerprint density at radius 3 is 1.96 bits per heavy atom. The van der Waals surface area contributed by atoms with Crippen molar-refractivity contribution in [1.82, 2.24) is 4.98 Å². The largest absolute Gasteiger partial charge is 0.450 e. The van der Waals surface area contributed by atoms with E-state index in [0.717, 1.165) is 61.9 Å². The van der Waals surface area contributed by atoms with Gasteiger partial charge in [-0.3, -0.25) is 0 Å². The molecule has 0 aliphatic heterocycles. The molecule has 0 aliphatic rings. The summed E-state index contributed by atoms with van der Waals surface area (Å²) in [4.78, 5) is 9.89. The molecule has 0 spiro atoms. The van der Waals surface area contributed by atoms with Crippen LogP contribution in [-0.2, 0) is 12.8 Å². The van der Waals surface area contributed by atoms with Crippen LogP contribution >= 0.6 is 0 Å². The first-order valence-electron chi connectivity index (χ1n) is 10.6. The molecule has 0 saturated carbocycles. The van der Waals surface area contributed by atoms with Crippen molar-refractivity contribution in [2.24, 2.45) is 0 Å². The maximum absolute atomic E-state index is 9.61. The molecule has 5 heteroatoms. The van der Waals surface area contributed by atoms with Crippen LogP contribution in [0.15, 0.2) is 10.5 Å². The standard InChI is InChI=1S/C23H34N4O/c1-8-17-21(19-14-16(7)28-20(19)15-24)25-23(27(12-5)13-6)18(9-2)22(17)26(10-3)11-4/h14H,8-13H2,1-7H3. The summed E-state index contributed by atoms with van der Waals surface area (Å²) >= 11 is 0. The third-order valence-corrected chi connectivity index (χ3v) is 5.41. The van der Waals surface area contributed by atoms with Crippen molar-refractivity contribution in [3.63, 3.8) is 0 Å². The van der Waals surface area contributed by atoms with E-state index in [0.29, 0.717) is 5.76 Å². The minimum atomic E-state index is 0.347. The van der Waals surface area contributed by atoms with Gasteiger partial charge in [0.1, 0.15) is 17.6 Å². The van der Waals surface area contributed by atoms with Crippen LogP contribution < -0.4 is 9.80 Å². The Hall–Kier alpha value is -2.48. The summed E-state index contributed by atoms with van der Waals surface area (Å²) in [5.41, 5.74) is 5.48. The number of rotatable bonds is 9. The molecule has 152 valence electrons. The van der Waals surface area contributed by atoms with Gasteiger partial charge in [0, 0.05) is 43.0 Å². The highest BCUT2D eigenvalue weighted by Crippen LogP contribution is 2.40. The second-order valence-electron chi connectivity index (χ2n) is 6.85. The monoisotopic (exact) mass is 382 g/mol. The van der Waals surface area contributed by atoms with E-state index in [9.17, 15) is 5.26 Å². The molecule has 0 bridgehead atoms. The quantitative estimate of drug-likeness (QED) is 0.586. The van der Waals surface area contributed by atoms with Crippen LogP contribution in [-0.4, -0.2) is 31.2 Å². The first kappa shape index (κ1) is 21.8. The summed E-state index contributed by atoms with van der Waals surface area (Å²) in [6.07, 6.45) is 1.78. The smallest absolute Gasteiger partial charge is 0.213 e. The van der Waals surface area contributed by atoms with Gasteiger partial charge in [0.15, 0.2) is 0 Å². The number of hydrogen-bond donors (Lipinski definition) is 0. The Morgan fingerprint density at radius 1 is 0.929 bits per heavy atom. The molecule has 0 radical (unpaired) electrons. The SMILES string of the molecule is CCc1c(-c2cc(C)oc2C#N)nc(N(CC)CC)c(CC)c1N(CC)CC. The normalized spacial score (nSPS) is 10.8. The molecule has 0 aromatic carbocycles. The van der Waals surface area contributed by atoms with Crippen molar-refractivity contribution in [1.29, 1.82) is 5.26 Å². The highest BCUT2D eigenvalue weighted by molar-refractivity contribution is 5.80. The third-order valence-electron chi connectivity index (χ3n) is 5.41. The molecule has 2 aromatic heterocycles. The molecule has 28 heavy (non-hydrogen) atoms. The summed E-state index contributed by atoms with van der Waals surface area (Å²) < 4.78 is 5.65. The van der Waals surface area contributed by atoms with Crippen molar-refractivity contribution in [2.45, 2.75) is 61.3 Å². The molecule has 2 rings (SSSR count). The van der Waals surface area contributed by atoms with Gasteiger partial charge in [-0.1, -0.05) is 13.8 Å². The molecule has 5 nitrogen and oxygen atoms in total. The van der Waals surface area contributed by atoms with Crippen LogP contribution in [0.5, 0.6) is 0 Å². The molecular weight excluding hydrogens is 348 g/mol. The van der Waals surface area contributed by atoms with E-state index in [1.54, 1.807) is 0 Å². The van der Waals surface area contributed by atoms with E-state index in [4.69, 9.17) is 9.40 Å². The minimum Gasteiger partial charge on any atom is -0.450 e. The zero-order valence-electron chi connectivity index (χ0n) is 18.5. The zero-order chi connectivity index (χ0) is 20.8. The Kier molecular flexibility index (Phi) is 7.51. The summed E-state index contributed by atoms with van der Waals surface area (Å²) in [7, 11) is 0. The van der Waals surface area contributed by atoms with Crippen LogP contribution in [0.3, 0.4) is 0 Å². The number of pyridine rings is 1. The summed E-state index contributed by atoms with van der Waals surface area (Å²) in [6.45, 7) is 18.7. The molecule has 2 heterocycles. The number of anilines is 2. The Labute approximate surface area is 170 Å². The third kappa shape index (κ3) is 3.87. The lowest BCUT2D eigenvalue weighted by atomic mass is 9.96. The lowest BCUT2D eigenvalue weighted by Crippen LogP contribution is -2.29. The van der Waals surface area contributed by atoms with E-state index in [-0.39, 0.29) is 0 Å². The number of aryl methyl sites for hydroxylation is 1. The van der Waals surface area contributed by atoms with Crippen molar-refractivity contribution in [3.8, 4) is 17.3 Å². The van der Waals surface area contributed by atoms with Crippen LogP contribution in [0.1, 0.15) is 64.2 Å². The topological polar surface area (TPSA) is 56.3 Å². The van der Waals surface area contributed by atoms with E-state index < -0.39 is 0 Å². The number of aromatic nitrogens is 1. The number of furan rings is 1. The number of nitrogens with zero attached hydrogens (tertiary/aromatic N) is 4. The van der Waals surface area contributed by atoms with Crippen molar-refractivity contribution in [3.05, 3.63) is 28.7 Å². The molecule has 0 aliphatic carbocycles. The van der Waals surface area contributed by atoms with Crippen LogP contribution in [0, 0.1) is 18.3 Å². The summed E-state index contributed by atoms with van der Waals surface area (Å²) in [5, 5.41) is 9.61. The van der Waals surface area contributed by atoms with E-state index in [2.05, 4.69) is 57.4 Å². The molecule has 0 unspecified atom stereocenters. The molecule has 0 atom stereocenters. The second-order valence-corrected chi connectivity index (χ2v) is 6.85. The van der Waals surface area contributed by atoms with Crippen molar-refractivity contribution < 1.29 is 4.42 Å². The Morgan fingerprint density at radius 2 is 1.50 bits per heavy atom. The number of hydrogen-bond acceptors (Lipinski definition) is 5. The fourth-order valence-electron chi connectivity index (χ4n) is 4.00. The predicted molar refractivity (Wildman–Crippen MR) is 117 cm³/mol. The van der Waals surface area contributed by atoms with Crippen LogP contribution in [0.2, 0.25) is 0 Å². The Bertz CT molecular complexity index is 839. The molecule has 0 N–H and O–H groups in total. The molecule has 0 amide bonds. The number of nitriles is 1. The summed E-state index contributed by atoms with van der Waals surface area (Å²) in [5.74, 6) is 2.12. The van der Waals surface area contributed by atoms with E-state index in [1.807, 2.05) is 13.0 Å². The molecule has 2 aromatic rings. The van der Waals surface area contributed by atoms with Gasteiger partial charge in [-0.05, 0) is 53.5 Å². The van der Waals surface area contributed by atoms with E-state index >= 15 is 0 Å². The van der Waals surface area contributed by atoms with Gasteiger partial charge < -0.3 is 14.2 Å². The van der Waals surface area contributed by atoms with Gasteiger partial charge in [0.05, 0.1) is 11.3 Å².